The summed E-state index contributed by atoms with van der Waals surface area (Å²) < 4.78 is 11.2. The minimum atomic E-state index is -0.170. The summed E-state index contributed by atoms with van der Waals surface area (Å²) in [6, 6.07) is 24.5. The van der Waals surface area contributed by atoms with E-state index in [4.69, 9.17) is 9.47 Å². The van der Waals surface area contributed by atoms with Gasteiger partial charge in [0.05, 0.1) is 18.2 Å². The molecule has 0 saturated carbocycles. The van der Waals surface area contributed by atoms with Gasteiger partial charge in [0, 0.05) is 24.3 Å². The summed E-state index contributed by atoms with van der Waals surface area (Å²) in [6.45, 7) is 3.95. The smallest absolute Gasteiger partial charge is 0.251 e. The van der Waals surface area contributed by atoms with Crippen molar-refractivity contribution in [1.29, 1.82) is 5.26 Å². The number of carbonyl (C=O) groups is 1. The van der Waals surface area contributed by atoms with Gasteiger partial charge in [0.25, 0.3) is 5.91 Å². The molecule has 3 aromatic carbocycles. The van der Waals surface area contributed by atoms with Crippen LogP contribution in [0, 0.1) is 11.3 Å². The molecule has 5 heteroatoms. The summed E-state index contributed by atoms with van der Waals surface area (Å²) in [7, 11) is 0. The first-order chi connectivity index (χ1) is 14.7. The molecule has 3 rings (SSSR count). The van der Waals surface area contributed by atoms with E-state index >= 15 is 0 Å². The number of amides is 1. The minimum Gasteiger partial charge on any atom is -0.489 e. The van der Waals surface area contributed by atoms with Crippen molar-refractivity contribution >= 4 is 5.91 Å². The van der Waals surface area contributed by atoms with E-state index in [-0.39, 0.29) is 12.5 Å². The maximum Gasteiger partial charge on any atom is 0.251 e. The summed E-state index contributed by atoms with van der Waals surface area (Å²) in [4.78, 5) is 12.5. The summed E-state index contributed by atoms with van der Waals surface area (Å²) in [6.07, 6.45) is 0. The highest BCUT2D eigenvalue weighted by atomic mass is 16.5. The van der Waals surface area contributed by atoms with Crippen LogP contribution in [0.1, 0.15) is 39.5 Å². The molecule has 0 unspecified atom stereocenters. The third-order valence-corrected chi connectivity index (χ3v) is 4.58. The number of rotatable bonds is 9. The lowest BCUT2D eigenvalue weighted by Gasteiger charge is -2.10. The lowest BCUT2D eigenvalue weighted by atomic mass is 10.1. The highest BCUT2D eigenvalue weighted by Crippen LogP contribution is 2.17. The van der Waals surface area contributed by atoms with Gasteiger partial charge < -0.3 is 14.8 Å². The Labute approximate surface area is 176 Å². The van der Waals surface area contributed by atoms with E-state index in [2.05, 4.69) is 11.4 Å². The Balaban J connectivity index is 1.56. The molecule has 0 aromatic heterocycles. The number of ether oxygens (including phenoxy) is 2. The molecule has 3 aromatic rings. The van der Waals surface area contributed by atoms with Crippen LogP contribution >= 0.6 is 0 Å². The van der Waals surface area contributed by atoms with E-state index in [1.165, 1.54) is 0 Å². The van der Waals surface area contributed by atoms with E-state index in [0.29, 0.717) is 36.6 Å². The van der Waals surface area contributed by atoms with Crippen molar-refractivity contribution in [2.24, 2.45) is 0 Å². The Kier molecular flexibility index (Phi) is 7.59. The molecule has 0 spiro atoms. The molecule has 5 nitrogen and oxygen atoms in total. The number of hydrogen-bond acceptors (Lipinski definition) is 4. The Morgan fingerprint density at radius 3 is 2.50 bits per heavy atom. The van der Waals surface area contributed by atoms with Gasteiger partial charge in [-0.05, 0) is 42.3 Å². The summed E-state index contributed by atoms with van der Waals surface area (Å²) in [5.41, 5.74) is 4.04. The van der Waals surface area contributed by atoms with Crippen LogP contribution in [0.15, 0.2) is 72.8 Å². The lowest BCUT2D eigenvalue weighted by molar-refractivity contribution is 0.0950. The second kappa shape index (κ2) is 10.8. The first-order valence-electron chi connectivity index (χ1n) is 9.84. The van der Waals surface area contributed by atoms with E-state index in [1.54, 1.807) is 30.3 Å². The predicted molar refractivity (Wildman–Crippen MR) is 115 cm³/mol. The monoisotopic (exact) mass is 400 g/mol. The highest BCUT2D eigenvalue weighted by molar-refractivity contribution is 5.94. The van der Waals surface area contributed by atoms with E-state index in [1.807, 2.05) is 49.4 Å². The largest absolute Gasteiger partial charge is 0.489 e. The number of nitriles is 1. The lowest BCUT2D eigenvalue weighted by Crippen LogP contribution is -2.22. The van der Waals surface area contributed by atoms with E-state index in [0.717, 1.165) is 16.7 Å². The molecule has 152 valence electrons. The van der Waals surface area contributed by atoms with Crippen LogP contribution in [-0.2, 0) is 24.5 Å². The third-order valence-electron chi connectivity index (χ3n) is 4.58. The second-order valence-corrected chi connectivity index (χ2v) is 6.72. The van der Waals surface area contributed by atoms with Crippen LogP contribution in [0.2, 0.25) is 0 Å². The van der Waals surface area contributed by atoms with Crippen LogP contribution in [0.25, 0.3) is 0 Å². The Morgan fingerprint density at radius 1 is 0.967 bits per heavy atom. The van der Waals surface area contributed by atoms with Crippen molar-refractivity contribution < 1.29 is 14.3 Å². The fraction of sp³-hybridized carbons (Fsp3) is 0.200. The molecule has 0 aliphatic heterocycles. The van der Waals surface area contributed by atoms with Gasteiger partial charge in [-0.25, -0.2) is 0 Å². The standard InChI is InChI=1S/C25H24N2O3/c1-2-29-17-20-12-10-19(11-13-20)16-27-25(28)21-8-5-9-24(14-21)30-18-23-7-4-3-6-22(23)15-26/h3-14H,2,16-18H2,1H3,(H,27,28). The normalized spacial score (nSPS) is 10.3. The molecule has 0 bridgehead atoms. The molecule has 0 atom stereocenters. The maximum atomic E-state index is 12.5. The zero-order valence-electron chi connectivity index (χ0n) is 16.9. The van der Waals surface area contributed by atoms with Crippen LogP contribution in [0.5, 0.6) is 5.75 Å². The topological polar surface area (TPSA) is 71.3 Å². The Hall–Kier alpha value is -3.62. The maximum absolute atomic E-state index is 12.5. The van der Waals surface area contributed by atoms with Crippen LogP contribution < -0.4 is 10.1 Å². The van der Waals surface area contributed by atoms with Crippen LogP contribution in [0.3, 0.4) is 0 Å². The molecule has 0 saturated heterocycles. The van der Waals surface area contributed by atoms with Gasteiger partial charge in [0.1, 0.15) is 12.4 Å². The van der Waals surface area contributed by atoms with Gasteiger partial charge in [-0.3, -0.25) is 4.79 Å². The first-order valence-corrected chi connectivity index (χ1v) is 9.84. The second-order valence-electron chi connectivity index (χ2n) is 6.72. The zero-order valence-corrected chi connectivity index (χ0v) is 16.9. The van der Waals surface area contributed by atoms with Gasteiger partial charge in [-0.2, -0.15) is 5.26 Å². The summed E-state index contributed by atoms with van der Waals surface area (Å²) in [5.74, 6) is 0.409. The van der Waals surface area contributed by atoms with E-state index in [9.17, 15) is 10.1 Å². The van der Waals surface area contributed by atoms with Gasteiger partial charge >= 0.3 is 0 Å². The molecule has 1 amide bonds. The fourth-order valence-corrected chi connectivity index (χ4v) is 2.90. The zero-order chi connectivity index (χ0) is 21.2. The number of carbonyl (C=O) groups excluding carboxylic acids is 1. The number of nitrogens with one attached hydrogen (secondary N) is 1. The average Bonchev–Trinajstić information content (AvgIpc) is 2.81. The quantitative estimate of drug-likeness (QED) is 0.570. The molecule has 1 N–H and O–H groups in total. The van der Waals surface area contributed by atoms with Crippen molar-refractivity contribution in [3.05, 3.63) is 101 Å². The first kappa shape index (κ1) is 21.1. The van der Waals surface area contributed by atoms with E-state index < -0.39 is 0 Å². The van der Waals surface area contributed by atoms with Crippen molar-refractivity contribution in [2.45, 2.75) is 26.7 Å². The van der Waals surface area contributed by atoms with Gasteiger partial charge in [-0.15, -0.1) is 0 Å². The molecule has 0 radical (unpaired) electrons. The SMILES string of the molecule is CCOCc1ccc(CNC(=O)c2cccc(OCc3ccccc3C#N)c2)cc1. The Bertz CT molecular complexity index is 1020. The molecule has 30 heavy (non-hydrogen) atoms. The van der Waals surface area contributed by atoms with Crippen LogP contribution in [0.4, 0.5) is 0 Å². The predicted octanol–water partition coefficient (Wildman–Crippen LogP) is 4.60. The molecule has 0 fully saturated rings. The van der Waals surface area contributed by atoms with Crippen molar-refractivity contribution in [2.75, 3.05) is 6.61 Å². The molecule has 0 heterocycles. The summed E-state index contributed by atoms with van der Waals surface area (Å²) in [5, 5.41) is 12.1. The molecule has 0 aliphatic carbocycles. The highest BCUT2D eigenvalue weighted by Gasteiger charge is 2.08. The third kappa shape index (κ3) is 5.94. The fourth-order valence-electron chi connectivity index (χ4n) is 2.90. The average molecular weight is 400 g/mol. The Morgan fingerprint density at radius 2 is 1.73 bits per heavy atom. The van der Waals surface area contributed by atoms with Gasteiger partial charge in [0.15, 0.2) is 0 Å². The molecule has 0 aliphatic rings. The van der Waals surface area contributed by atoms with Gasteiger partial charge in [0.2, 0.25) is 0 Å². The van der Waals surface area contributed by atoms with Crippen molar-refractivity contribution in [3.63, 3.8) is 0 Å². The number of benzene rings is 3. The van der Waals surface area contributed by atoms with Gasteiger partial charge in [-0.1, -0.05) is 48.5 Å². The van der Waals surface area contributed by atoms with Crippen LogP contribution in [-0.4, -0.2) is 12.5 Å². The van der Waals surface area contributed by atoms with Crippen molar-refractivity contribution in [1.82, 2.24) is 5.32 Å². The van der Waals surface area contributed by atoms with Crippen molar-refractivity contribution in [3.8, 4) is 11.8 Å². The number of nitrogens with zero attached hydrogens (tertiary/aromatic N) is 1. The minimum absolute atomic E-state index is 0.170. The summed E-state index contributed by atoms with van der Waals surface area (Å²) >= 11 is 0. The number of hydrogen-bond donors (Lipinski definition) is 1. The molecular formula is C25H24N2O3. The molecular weight excluding hydrogens is 376 g/mol.